The molecular weight excluding hydrogens is 386 g/mol. The Balaban J connectivity index is 1.73. The molecular formula is C22H23N3O3S. The molecule has 1 aromatic heterocycles. The summed E-state index contributed by atoms with van der Waals surface area (Å²) >= 11 is 0. The third-order valence-electron chi connectivity index (χ3n) is 5.33. The van der Waals surface area contributed by atoms with Crippen molar-refractivity contribution in [3.05, 3.63) is 71.4 Å². The van der Waals surface area contributed by atoms with Crippen molar-refractivity contribution >= 4 is 15.7 Å². The summed E-state index contributed by atoms with van der Waals surface area (Å²) in [4.78, 5) is 13.0. The van der Waals surface area contributed by atoms with Gasteiger partial charge in [-0.1, -0.05) is 30.3 Å². The van der Waals surface area contributed by atoms with E-state index in [0.29, 0.717) is 17.7 Å². The van der Waals surface area contributed by atoms with Crippen molar-refractivity contribution < 1.29 is 13.2 Å². The van der Waals surface area contributed by atoms with E-state index < -0.39 is 9.84 Å². The van der Waals surface area contributed by atoms with Crippen molar-refractivity contribution in [2.45, 2.75) is 26.3 Å². The predicted octanol–water partition coefficient (Wildman–Crippen LogP) is 3.07. The summed E-state index contributed by atoms with van der Waals surface area (Å²) in [5, 5.41) is 7.56. The van der Waals surface area contributed by atoms with Gasteiger partial charge in [-0.25, -0.2) is 13.1 Å². The van der Waals surface area contributed by atoms with E-state index in [0.717, 1.165) is 16.8 Å². The lowest BCUT2D eigenvalue weighted by molar-refractivity contribution is 0.0942. The molecule has 1 unspecified atom stereocenters. The van der Waals surface area contributed by atoms with E-state index in [1.54, 1.807) is 10.9 Å². The first kappa shape index (κ1) is 19.4. The first-order valence-electron chi connectivity index (χ1n) is 9.56. The van der Waals surface area contributed by atoms with Crippen molar-refractivity contribution in [2.75, 3.05) is 11.5 Å². The minimum atomic E-state index is -3.07. The molecule has 3 aromatic rings. The van der Waals surface area contributed by atoms with E-state index in [4.69, 9.17) is 0 Å². The average molecular weight is 410 g/mol. The smallest absolute Gasteiger partial charge is 0.255 e. The molecule has 2 heterocycles. The number of carbonyl (C=O) groups excluding carboxylic acids is 1. The zero-order chi connectivity index (χ0) is 20.6. The molecule has 1 fully saturated rings. The van der Waals surface area contributed by atoms with Gasteiger partial charge in [-0.2, -0.15) is 5.10 Å². The number of nitrogens with zero attached hydrogens (tertiary/aromatic N) is 2. The van der Waals surface area contributed by atoms with Crippen LogP contribution >= 0.6 is 0 Å². The second-order valence-electron chi connectivity index (χ2n) is 7.54. The summed E-state index contributed by atoms with van der Waals surface area (Å²) in [5.41, 5.74) is 4.99. The quantitative estimate of drug-likeness (QED) is 0.718. The number of hydrogen-bond donors (Lipinski definition) is 1. The monoisotopic (exact) mass is 409 g/mol. The fourth-order valence-corrected chi connectivity index (χ4v) is 5.20. The normalized spacial score (nSPS) is 17.9. The highest BCUT2D eigenvalue weighted by molar-refractivity contribution is 7.91. The zero-order valence-corrected chi connectivity index (χ0v) is 17.2. The van der Waals surface area contributed by atoms with Gasteiger partial charge in [0, 0.05) is 17.8 Å². The van der Waals surface area contributed by atoms with Crippen LogP contribution in [0.4, 0.5) is 0 Å². The molecule has 1 aliphatic rings. The number of hydrogen-bond acceptors (Lipinski definition) is 4. The average Bonchev–Trinajstić information content (AvgIpc) is 3.28. The lowest BCUT2D eigenvalue weighted by atomic mass is 10.0. The highest BCUT2D eigenvalue weighted by Gasteiger charge is 2.30. The number of sulfone groups is 1. The molecule has 0 aliphatic carbocycles. The number of benzene rings is 2. The molecule has 0 radical (unpaired) electrons. The van der Waals surface area contributed by atoms with Crippen LogP contribution in [0, 0.1) is 13.8 Å². The molecule has 1 amide bonds. The van der Waals surface area contributed by atoms with E-state index in [2.05, 4.69) is 10.4 Å². The van der Waals surface area contributed by atoms with Crippen molar-refractivity contribution in [1.29, 1.82) is 0 Å². The van der Waals surface area contributed by atoms with Gasteiger partial charge in [-0.3, -0.25) is 4.79 Å². The summed E-state index contributed by atoms with van der Waals surface area (Å²) in [6.45, 7) is 4.06. The van der Waals surface area contributed by atoms with Crippen LogP contribution in [0.1, 0.15) is 27.9 Å². The SMILES string of the molecule is Cc1ccc(-c2nn(-c3ccccc3)cc2C(=O)NC2CCS(=O)(=O)C2)cc1C. The zero-order valence-electron chi connectivity index (χ0n) is 16.4. The van der Waals surface area contributed by atoms with Crippen molar-refractivity contribution in [3.8, 4) is 16.9 Å². The van der Waals surface area contributed by atoms with Gasteiger partial charge in [0.05, 0.1) is 22.8 Å². The Morgan fingerprint density at radius 3 is 2.52 bits per heavy atom. The molecule has 0 saturated carbocycles. The van der Waals surface area contributed by atoms with Gasteiger partial charge in [0.25, 0.3) is 5.91 Å². The number of nitrogens with one attached hydrogen (secondary N) is 1. The predicted molar refractivity (Wildman–Crippen MR) is 113 cm³/mol. The summed E-state index contributed by atoms with van der Waals surface area (Å²) in [6.07, 6.45) is 2.15. The molecule has 6 nitrogen and oxygen atoms in total. The van der Waals surface area contributed by atoms with Crippen molar-refractivity contribution in [2.24, 2.45) is 0 Å². The molecule has 4 rings (SSSR count). The third-order valence-corrected chi connectivity index (χ3v) is 7.10. The van der Waals surface area contributed by atoms with E-state index in [1.807, 2.05) is 62.4 Å². The molecule has 0 spiro atoms. The van der Waals surface area contributed by atoms with Crippen LogP contribution < -0.4 is 5.32 Å². The molecule has 1 saturated heterocycles. The standard InChI is InChI=1S/C22H23N3O3S/c1-15-8-9-17(12-16(15)2)21-20(13-25(24-21)19-6-4-3-5-7-19)22(26)23-18-10-11-29(27,28)14-18/h3-9,12-13,18H,10-11,14H2,1-2H3,(H,23,26). The molecule has 1 atom stereocenters. The fourth-order valence-electron chi connectivity index (χ4n) is 3.53. The van der Waals surface area contributed by atoms with Crippen LogP contribution in [-0.4, -0.2) is 41.7 Å². The van der Waals surface area contributed by atoms with Crippen LogP contribution in [0.2, 0.25) is 0 Å². The van der Waals surface area contributed by atoms with Gasteiger partial charge in [-0.15, -0.1) is 0 Å². The number of para-hydroxylation sites is 1. The van der Waals surface area contributed by atoms with Gasteiger partial charge >= 0.3 is 0 Å². The van der Waals surface area contributed by atoms with Crippen LogP contribution in [0.5, 0.6) is 0 Å². The Hall–Kier alpha value is -2.93. The first-order valence-corrected chi connectivity index (χ1v) is 11.4. The molecule has 1 N–H and O–H groups in total. The highest BCUT2D eigenvalue weighted by atomic mass is 32.2. The number of carbonyl (C=O) groups is 1. The van der Waals surface area contributed by atoms with Gasteiger partial charge < -0.3 is 5.32 Å². The fraction of sp³-hybridized carbons (Fsp3) is 0.273. The Morgan fingerprint density at radius 2 is 1.86 bits per heavy atom. The van der Waals surface area contributed by atoms with Crippen molar-refractivity contribution in [1.82, 2.24) is 15.1 Å². The molecule has 2 aromatic carbocycles. The highest BCUT2D eigenvalue weighted by Crippen LogP contribution is 2.26. The molecule has 150 valence electrons. The maximum Gasteiger partial charge on any atom is 0.255 e. The molecule has 0 bridgehead atoms. The van der Waals surface area contributed by atoms with Gasteiger partial charge in [0.2, 0.25) is 0 Å². The lowest BCUT2D eigenvalue weighted by Crippen LogP contribution is -2.35. The Labute approximate surface area is 170 Å². The minimum absolute atomic E-state index is 0.00939. The van der Waals surface area contributed by atoms with Crippen molar-refractivity contribution in [3.63, 3.8) is 0 Å². The maximum atomic E-state index is 13.0. The number of amides is 1. The third kappa shape index (κ3) is 4.10. The molecule has 29 heavy (non-hydrogen) atoms. The van der Waals surface area contributed by atoms with E-state index >= 15 is 0 Å². The maximum absolute atomic E-state index is 13.0. The van der Waals surface area contributed by atoms with E-state index in [-0.39, 0.29) is 23.5 Å². The van der Waals surface area contributed by atoms with Crippen LogP contribution in [-0.2, 0) is 9.84 Å². The summed E-state index contributed by atoms with van der Waals surface area (Å²) in [7, 11) is -3.07. The second-order valence-corrected chi connectivity index (χ2v) is 9.77. The van der Waals surface area contributed by atoms with Gasteiger partial charge in [-0.05, 0) is 49.6 Å². The van der Waals surface area contributed by atoms with Crippen LogP contribution in [0.25, 0.3) is 16.9 Å². The Kier molecular flexibility index (Phi) is 5.00. The lowest BCUT2D eigenvalue weighted by Gasteiger charge is -2.11. The van der Waals surface area contributed by atoms with Crippen LogP contribution in [0.3, 0.4) is 0 Å². The van der Waals surface area contributed by atoms with Crippen LogP contribution in [0.15, 0.2) is 54.7 Å². The van der Waals surface area contributed by atoms with E-state index in [9.17, 15) is 13.2 Å². The summed E-state index contributed by atoms with van der Waals surface area (Å²) < 4.78 is 25.2. The summed E-state index contributed by atoms with van der Waals surface area (Å²) in [5.74, 6) is -0.196. The van der Waals surface area contributed by atoms with Gasteiger partial charge in [0.15, 0.2) is 9.84 Å². The number of aryl methyl sites for hydroxylation is 2. The Morgan fingerprint density at radius 1 is 1.10 bits per heavy atom. The Bertz CT molecular complexity index is 1170. The number of aromatic nitrogens is 2. The van der Waals surface area contributed by atoms with E-state index in [1.165, 1.54) is 5.56 Å². The largest absolute Gasteiger partial charge is 0.348 e. The summed E-state index contributed by atoms with van der Waals surface area (Å²) in [6, 6.07) is 15.2. The second kappa shape index (κ2) is 7.48. The first-order chi connectivity index (χ1) is 13.8. The minimum Gasteiger partial charge on any atom is -0.348 e. The van der Waals surface area contributed by atoms with Gasteiger partial charge in [0.1, 0.15) is 5.69 Å². The molecule has 7 heteroatoms. The number of rotatable bonds is 4. The molecule has 1 aliphatic heterocycles. The topological polar surface area (TPSA) is 81.1 Å².